The van der Waals surface area contributed by atoms with Crippen LogP contribution in [0, 0.1) is 0 Å². The zero-order valence-electron chi connectivity index (χ0n) is 10.1. The summed E-state index contributed by atoms with van der Waals surface area (Å²) >= 11 is 0. The highest BCUT2D eigenvalue weighted by Gasteiger charge is 2.33. The molecule has 0 aromatic carbocycles. The third kappa shape index (κ3) is 4.38. The molecule has 18 heavy (non-hydrogen) atoms. The standard InChI is InChI=1S/C11H16F3N3O/c1-2-3-4-5-6-15-10(18)8-7-9(17-16-8)11(12,13)14/h7H,2-6H2,1H3,(H,15,18)(H,16,17). The van der Waals surface area contributed by atoms with E-state index in [1.54, 1.807) is 5.10 Å². The number of nitrogens with one attached hydrogen (secondary N) is 2. The van der Waals surface area contributed by atoms with Crippen LogP contribution in [0.4, 0.5) is 13.2 Å². The van der Waals surface area contributed by atoms with E-state index >= 15 is 0 Å². The normalized spacial score (nSPS) is 11.6. The van der Waals surface area contributed by atoms with Crippen LogP contribution in [0.2, 0.25) is 0 Å². The number of halogens is 3. The molecule has 0 aliphatic heterocycles. The molecule has 1 aromatic heterocycles. The summed E-state index contributed by atoms with van der Waals surface area (Å²) < 4.78 is 36.8. The highest BCUT2D eigenvalue weighted by atomic mass is 19.4. The first-order chi connectivity index (χ1) is 8.45. The lowest BCUT2D eigenvalue weighted by molar-refractivity contribution is -0.141. The van der Waals surface area contributed by atoms with Crippen LogP contribution in [0.3, 0.4) is 0 Å². The van der Waals surface area contributed by atoms with Crippen molar-refractivity contribution in [3.8, 4) is 0 Å². The molecule has 0 radical (unpaired) electrons. The minimum absolute atomic E-state index is 0.238. The number of unbranched alkanes of at least 4 members (excludes halogenated alkanes) is 3. The van der Waals surface area contributed by atoms with Crippen molar-refractivity contribution < 1.29 is 18.0 Å². The third-order valence-corrected chi connectivity index (χ3v) is 2.43. The van der Waals surface area contributed by atoms with E-state index in [0.717, 1.165) is 25.7 Å². The minimum atomic E-state index is -4.51. The fourth-order valence-electron chi connectivity index (χ4n) is 1.43. The zero-order chi connectivity index (χ0) is 13.6. The van der Waals surface area contributed by atoms with Crippen LogP contribution in [0.1, 0.15) is 48.8 Å². The van der Waals surface area contributed by atoms with Gasteiger partial charge in [-0.3, -0.25) is 9.89 Å². The minimum Gasteiger partial charge on any atom is -0.351 e. The topological polar surface area (TPSA) is 57.8 Å². The molecular formula is C11H16F3N3O. The Morgan fingerprint density at radius 3 is 2.67 bits per heavy atom. The van der Waals surface area contributed by atoms with Gasteiger partial charge in [0.15, 0.2) is 5.69 Å². The average molecular weight is 263 g/mol. The molecule has 1 aromatic rings. The van der Waals surface area contributed by atoms with Gasteiger partial charge in [-0.2, -0.15) is 18.3 Å². The lowest BCUT2D eigenvalue weighted by Crippen LogP contribution is -2.24. The number of aromatic amines is 1. The summed E-state index contributed by atoms with van der Waals surface area (Å²) in [5, 5.41) is 7.68. The summed E-state index contributed by atoms with van der Waals surface area (Å²) in [7, 11) is 0. The number of carbonyl (C=O) groups is 1. The van der Waals surface area contributed by atoms with Crippen molar-refractivity contribution in [2.24, 2.45) is 0 Å². The van der Waals surface area contributed by atoms with Gasteiger partial charge in [-0.15, -0.1) is 0 Å². The first-order valence-electron chi connectivity index (χ1n) is 5.86. The van der Waals surface area contributed by atoms with E-state index < -0.39 is 17.8 Å². The van der Waals surface area contributed by atoms with Crippen LogP contribution >= 0.6 is 0 Å². The Hall–Kier alpha value is -1.53. The highest BCUT2D eigenvalue weighted by molar-refractivity contribution is 5.92. The second-order valence-corrected chi connectivity index (χ2v) is 3.98. The van der Waals surface area contributed by atoms with E-state index in [-0.39, 0.29) is 5.69 Å². The molecule has 0 fully saturated rings. The summed E-state index contributed by atoms with van der Waals surface area (Å²) in [5.74, 6) is -0.585. The lowest BCUT2D eigenvalue weighted by Gasteiger charge is -2.02. The summed E-state index contributed by atoms with van der Waals surface area (Å²) in [6.45, 7) is 2.52. The maximum absolute atomic E-state index is 12.3. The van der Waals surface area contributed by atoms with Gasteiger partial charge in [-0.1, -0.05) is 26.2 Å². The van der Waals surface area contributed by atoms with Gasteiger partial charge < -0.3 is 5.32 Å². The van der Waals surface area contributed by atoms with Crippen molar-refractivity contribution in [3.63, 3.8) is 0 Å². The average Bonchev–Trinajstić information content (AvgIpc) is 2.77. The largest absolute Gasteiger partial charge is 0.432 e. The third-order valence-electron chi connectivity index (χ3n) is 2.43. The van der Waals surface area contributed by atoms with Gasteiger partial charge in [0.25, 0.3) is 5.91 Å². The number of rotatable bonds is 6. The Bertz CT molecular complexity index is 387. The molecule has 7 heteroatoms. The van der Waals surface area contributed by atoms with Gasteiger partial charge >= 0.3 is 6.18 Å². The molecule has 102 valence electrons. The van der Waals surface area contributed by atoms with Crippen molar-refractivity contribution >= 4 is 5.91 Å². The maximum atomic E-state index is 12.3. The van der Waals surface area contributed by atoms with Crippen LogP contribution in [-0.2, 0) is 6.18 Å². The van der Waals surface area contributed by atoms with Gasteiger partial charge in [0.1, 0.15) is 5.69 Å². The molecular weight excluding hydrogens is 247 g/mol. The highest BCUT2D eigenvalue weighted by Crippen LogP contribution is 2.27. The number of alkyl halides is 3. The quantitative estimate of drug-likeness (QED) is 0.775. The van der Waals surface area contributed by atoms with Gasteiger partial charge in [0.05, 0.1) is 0 Å². The molecule has 0 atom stereocenters. The lowest BCUT2D eigenvalue weighted by atomic mass is 10.2. The Labute approximate surface area is 103 Å². The Morgan fingerprint density at radius 1 is 1.39 bits per heavy atom. The zero-order valence-corrected chi connectivity index (χ0v) is 10.1. The summed E-state index contributed by atoms with van der Waals surface area (Å²) in [5.41, 5.74) is -1.25. The fourth-order valence-corrected chi connectivity index (χ4v) is 1.43. The second-order valence-electron chi connectivity index (χ2n) is 3.98. The molecule has 1 amide bonds. The van der Waals surface area contributed by atoms with Gasteiger partial charge in [0.2, 0.25) is 0 Å². The van der Waals surface area contributed by atoms with Gasteiger partial charge in [-0.05, 0) is 6.42 Å². The molecule has 0 unspecified atom stereocenters. The number of hydrogen-bond donors (Lipinski definition) is 2. The molecule has 0 aliphatic rings. The van der Waals surface area contributed by atoms with Gasteiger partial charge in [-0.25, -0.2) is 0 Å². The first-order valence-corrected chi connectivity index (χ1v) is 5.86. The van der Waals surface area contributed by atoms with Crippen LogP contribution < -0.4 is 5.32 Å². The summed E-state index contributed by atoms with van der Waals surface area (Å²) in [4.78, 5) is 11.5. The van der Waals surface area contributed by atoms with Crippen molar-refractivity contribution in [1.82, 2.24) is 15.5 Å². The molecule has 0 aliphatic carbocycles. The molecule has 2 N–H and O–H groups in total. The number of aromatic nitrogens is 2. The Morgan fingerprint density at radius 2 is 2.11 bits per heavy atom. The molecule has 4 nitrogen and oxygen atoms in total. The van der Waals surface area contributed by atoms with Crippen molar-refractivity contribution in [3.05, 3.63) is 17.5 Å². The molecule has 1 heterocycles. The number of H-pyrrole nitrogens is 1. The molecule has 0 spiro atoms. The van der Waals surface area contributed by atoms with E-state index in [1.165, 1.54) is 0 Å². The summed E-state index contributed by atoms with van der Waals surface area (Å²) in [6.07, 6.45) is -0.535. The Balaban J connectivity index is 2.40. The molecule has 1 rings (SSSR count). The van der Waals surface area contributed by atoms with E-state index in [1.807, 2.05) is 0 Å². The molecule has 0 saturated carbocycles. The first kappa shape index (κ1) is 14.5. The van der Waals surface area contributed by atoms with Crippen molar-refractivity contribution in [1.29, 1.82) is 0 Å². The van der Waals surface area contributed by atoms with Gasteiger partial charge in [0, 0.05) is 12.6 Å². The monoisotopic (exact) mass is 263 g/mol. The Kier molecular flexibility index (Phi) is 5.18. The maximum Gasteiger partial charge on any atom is 0.432 e. The van der Waals surface area contributed by atoms with Crippen LogP contribution in [-0.4, -0.2) is 22.6 Å². The van der Waals surface area contributed by atoms with E-state index in [2.05, 4.69) is 17.3 Å². The van der Waals surface area contributed by atoms with Crippen molar-refractivity contribution in [2.75, 3.05) is 6.54 Å². The van der Waals surface area contributed by atoms with E-state index in [9.17, 15) is 18.0 Å². The number of hydrogen-bond acceptors (Lipinski definition) is 2. The van der Waals surface area contributed by atoms with Crippen molar-refractivity contribution in [2.45, 2.75) is 38.8 Å². The van der Waals surface area contributed by atoms with Crippen LogP contribution in [0.25, 0.3) is 0 Å². The summed E-state index contributed by atoms with van der Waals surface area (Å²) in [6, 6.07) is 0.710. The van der Waals surface area contributed by atoms with E-state index in [4.69, 9.17) is 0 Å². The number of carbonyl (C=O) groups excluding carboxylic acids is 1. The molecule has 0 bridgehead atoms. The smallest absolute Gasteiger partial charge is 0.351 e. The molecule has 0 saturated heterocycles. The predicted molar refractivity (Wildman–Crippen MR) is 60.1 cm³/mol. The second kappa shape index (κ2) is 6.42. The van der Waals surface area contributed by atoms with Crippen LogP contribution in [0.5, 0.6) is 0 Å². The predicted octanol–water partition coefficient (Wildman–Crippen LogP) is 2.74. The number of amides is 1. The SMILES string of the molecule is CCCCCCNC(=O)c1cc(C(F)(F)F)[nH]n1. The fraction of sp³-hybridized carbons (Fsp3) is 0.636. The van der Waals surface area contributed by atoms with Crippen LogP contribution in [0.15, 0.2) is 6.07 Å². The van der Waals surface area contributed by atoms with E-state index in [0.29, 0.717) is 12.6 Å². The number of nitrogens with zero attached hydrogens (tertiary/aromatic N) is 1.